The maximum absolute atomic E-state index is 13.0. The minimum Gasteiger partial charge on any atom is -0.267 e. The van der Waals surface area contributed by atoms with Crippen molar-refractivity contribution in [3.8, 4) is 0 Å². The Hall–Kier alpha value is -2.33. The molecule has 2 amide bonds. The highest BCUT2D eigenvalue weighted by Gasteiger charge is 2.30. The Labute approximate surface area is 166 Å². The van der Waals surface area contributed by atoms with Gasteiger partial charge in [0.15, 0.2) is 0 Å². The zero-order valence-electron chi connectivity index (χ0n) is 16.8. The summed E-state index contributed by atoms with van der Waals surface area (Å²) in [5.74, 6) is -0.696. The van der Waals surface area contributed by atoms with E-state index >= 15 is 0 Å². The molecular formula is C22H27ClN2O2. The van der Waals surface area contributed by atoms with Crippen molar-refractivity contribution in [3.05, 3.63) is 70.2 Å². The molecule has 0 radical (unpaired) electrons. The SMILES string of the molecule is CC(C)(C)c1ccc(C(=O)NN(C(=O)c2ccccc2Cl)C(C)(C)C)cc1. The molecule has 4 nitrogen and oxygen atoms in total. The standard InChI is InChI=1S/C22H27ClN2O2/c1-21(2,3)16-13-11-15(12-14-16)19(26)24-25(22(4,5)6)20(27)17-9-7-8-10-18(17)23/h7-14H,1-6H3,(H,24,26). The molecule has 0 saturated heterocycles. The van der Waals surface area contributed by atoms with Crippen LogP contribution in [0.2, 0.25) is 5.02 Å². The number of rotatable bonds is 2. The van der Waals surface area contributed by atoms with Crippen LogP contribution in [0.4, 0.5) is 0 Å². The Bertz CT molecular complexity index is 831. The number of nitrogens with zero attached hydrogens (tertiary/aromatic N) is 1. The molecule has 2 rings (SSSR count). The number of hydrogen-bond acceptors (Lipinski definition) is 2. The zero-order chi connectivity index (χ0) is 20.4. The molecule has 0 aliphatic rings. The largest absolute Gasteiger partial charge is 0.274 e. The summed E-state index contributed by atoms with van der Waals surface area (Å²) in [6.45, 7) is 11.9. The van der Waals surface area contributed by atoms with Gasteiger partial charge in [-0.3, -0.25) is 15.0 Å². The van der Waals surface area contributed by atoms with E-state index < -0.39 is 5.54 Å². The molecule has 0 aliphatic heterocycles. The lowest BCUT2D eigenvalue weighted by molar-refractivity contribution is 0.0359. The van der Waals surface area contributed by atoms with E-state index in [2.05, 4.69) is 26.2 Å². The zero-order valence-corrected chi connectivity index (χ0v) is 17.5. The molecule has 1 N–H and O–H groups in total. The smallest absolute Gasteiger partial charge is 0.267 e. The summed E-state index contributed by atoms with van der Waals surface area (Å²) in [4.78, 5) is 25.7. The number of carbonyl (C=O) groups excluding carboxylic acids is 2. The Balaban J connectivity index is 2.28. The number of hydrazine groups is 1. The van der Waals surface area contributed by atoms with Gasteiger partial charge >= 0.3 is 0 Å². The van der Waals surface area contributed by atoms with Gasteiger partial charge in [0.05, 0.1) is 16.1 Å². The molecule has 0 heterocycles. The number of nitrogens with one attached hydrogen (secondary N) is 1. The van der Waals surface area contributed by atoms with Gasteiger partial charge in [0, 0.05) is 5.56 Å². The average molecular weight is 387 g/mol. The molecule has 0 bridgehead atoms. The third-order valence-electron chi connectivity index (χ3n) is 4.20. The molecular weight excluding hydrogens is 360 g/mol. The summed E-state index contributed by atoms with van der Waals surface area (Å²) < 4.78 is 0. The molecule has 0 unspecified atom stereocenters. The van der Waals surface area contributed by atoms with Crippen molar-refractivity contribution in [1.82, 2.24) is 10.4 Å². The minimum atomic E-state index is -0.628. The van der Waals surface area contributed by atoms with Crippen LogP contribution in [0.15, 0.2) is 48.5 Å². The van der Waals surface area contributed by atoms with Crippen LogP contribution in [0.1, 0.15) is 67.8 Å². The lowest BCUT2D eigenvalue weighted by Gasteiger charge is -2.35. The molecule has 0 spiro atoms. The van der Waals surface area contributed by atoms with Crippen molar-refractivity contribution in [2.24, 2.45) is 0 Å². The maximum atomic E-state index is 13.0. The Morgan fingerprint density at radius 2 is 1.44 bits per heavy atom. The number of halogens is 1. The van der Waals surface area contributed by atoms with Gasteiger partial charge in [-0.15, -0.1) is 0 Å². The second-order valence-corrected chi connectivity index (χ2v) is 8.97. The predicted octanol–water partition coefficient (Wildman–Crippen LogP) is 5.22. The lowest BCUT2D eigenvalue weighted by Crippen LogP contribution is -2.55. The number of hydrogen-bond donors (Lipinski definition) is 1. The first-order valence-electron chi connectivity index (χ1n) is 8.92. The first kappa shape index (κ1) is 21.0. The van der Waals surface area contributed by atoms with Crippen molar-refractivity contribution in [1.29, 1.82) is 0 Å². The summed E-state index contributed by atoms with van der Waals surface area (Å²) in [7, 11) is 0. The number of carbonyl (C=O) groups is 2. The summed E-state index contributed by atoms with van der Waals surface area (Å²) in [6.07, 6.45) is 0. The van der Waals surface area contributed by atoms with Crippen molar-refractivity contribution in [2.75, 3.05) is 0 Å². The van der Waals surface area contributed by atoms with Crippen LogP contribution in [-0.4, -0.2) is 22.4 Å². The minimum absolute atomic E-state index is 0.00642. The van der Waals surface area contributed by atoms with E-state index in [1.165, 1.54) is 5.01 Å². The second kappa shape index (κ2) is 7.73. The van der Waals surface area contributed by atoms with E-state index in [1.54, 1.807) is 36.4 Å². The third kappa shape index (κ3) is 5.10. The lowest BCUT2D eigenvalue weighted by atomic mass is 9.87. The fraction of sp³-hybridized carbons (Fsp3) is 0.364. The fourth-order valence-electron chi connectivity index (χ4n) is 2.57. The Kier molecular flexibility index (Phi) is 6.01. The first-order chi connectivity index (χ1) is 12.4. The highest BCUT2D eigenvalue weighted by molar-refractivity contribution is 6.33. The van der Waals surface area contributed by atoms with Gasteiger partial charge in [-0.25, -0.2) is 5.01 Å². The molecule has 0 aliphatic carbocycles. The monoisotopic (exact) mass is 386 g/mol. The van der Waals surface area contributed by atoms with Crippen molar-refractivity contribution in [3.63, 3.8) is 0 Å². The molecule has 0 saturated carbocycles. The van der Waals surface area contributed by atoms with Crippen molar-refractivity contribution >= 4 is 23.4 Å². The van der Waals surface area contributed by atoms with E-state index in [9.17, 15) is 9.59 Å². The number of benzene rings is 2. The highest BCUT2D eigenvalue weighted by atomic mass is 35.5. The molecule has 144 valence electrons. The topological polar surface area (TPSA) is 49.4 Å². The predicted molar refractivity (Wildman–Crippen MR) is 110 cm³/mol. The molecule has 2 aromatic carbocycles. The summed E-state index contributed by atoms with van der Waals surface area (Å²) in [5.41, 5.74) is 4.09. The average Bonchev–Trinajstić information content (AvgIpc) is 2.57. The highest BCUT2D eigenvalue weighted by Crippen LogP contribution is 2.23. The van der Waals surface area contributed by atoms with E-state index in [4.69, 9.17) is 11.6 Å². The van der Waals surface area contributed by atoms with Gasteiger partial charge in [-0.2, -0.15) is 0 Å². The molecule has 0 fully saturated rings. The van der Waals surface area contributed by atoms with E-state index in [-0.39, 0.29) is 17.2 Å². The van der Waals surface area contributed by atoms with Crippen LogP contribution in [0.25, 0.3) is 0 Å². The fourth-order valence-corrected chi connectivity index (χ4v) is 2.78. The van der Waals surface area contributed by atoms with Crippen LogP contribution in [0.5, 0.6) is 0 Å². The molecule has 27 heavy (non-hydrogen) atoms. The van der Waals surface area contributed by atoms with E-state index in [0.717, 1.165) is 5.56 Å². The van der Waals surface area contributed by atoms with Crippen LogP contribution in [0.3, 0.4) is 0 Å². The summed E-state index contributed by atoms with van der Waals surface area (Å²) >= 11 is 6.17. The molecule has 0 aromatic heterocycles. The van der Waals surface area contributed by atoms with E-state index in [1.807, 2.05) is 32.9 Å². The Morgan fingerprint density at radius 3 is 1.93 bits per heavy atom. The molecule has 0 atom stereocenters. The van der Waals surface area contributed by atoms with Gasteiger partial charge in [0.2, 0.25) is 0 Å². The maximum Gasteiger partial charge on any atom is 0.274 e. The van der Waals surface area contributed by atoms with Gasteiger partial charge in [0.1, 0.15) is 0 Å². The number of amides is 2. The van der Waals surface area contributed by atoms with Crippen LogP contribution >= 0.6 is 11.6 Å². The van der Waals surface area contributed by atoms with Gasteiger partial charge in [-0.05, 0) is 56.0 Å². The second-order valence-electron chi connectivity index (χ2n) is 8.56. The summed E-state index contributed by atoms with van der Waals surface area (Å²) in [5, 5.41) is 1.68. The van der Waals surface area contributed by atoms with Crippen molar-refractivity contribution in [2.45, 2.75) is 52.5 Å². The Morgan fingerprint density at radius 1 is 0.889 bits per heavy atom. The van der Waals surface area contributed by atoms with Gasteiger partial charge in [-0.1, -0.05) is 56.6 Å². The first-order valence-corrected chi connectivity index (χ1v) is 9.29. The molecule has 2 aromatic rings. The van der Waals surface area contributed by atoms with Crippen LogP contribution < -0.4 is 5.43 Å². The van der Waals surface area contributed by atoms with Crippen LogP contribution in [-0.2, 0) is 5.41 Å². The van der Waals surface area contributed by atoms with E-state index in [0.29, 0.717) is 16.1 Å². The van der Waals surface area contributed by atoms with Crippen LogP contribution in [0, 0.1) is 0 Å². The van der Waals surface area contributed by atoms with Gasteiger partial charge < -0.3 is 0 Å². The van der Waals surface area contributed by atoms with Crippen molar-refractivity contribution < 1.29 is 9.59 Å². The quantitative estimate of drug-likeness (QED) is 0.719. The molecule has 5 heteroatoms. The normalized spacial score (nSPS) is 11.8. The third-order valence-corrected chi connectivity index (χ3v) is 4.53. The summed E-state index contributed by atoms with van der Waals surface area (Å²) in [6, 6.07) is 14.2. The van der Waals surface area contributed by atoms with Gasteiger partial charge in [0.25, 0.3) is 11.8 Å².